The Morgan fingerprint density at radius 1 is 1.17 bits per heavy atom. The number of anilines is 1. The van der Waals surface area contributed by atoms with Gasteiger partial charge in [0.05, 0.1) is 24.9 Å². The summed E-state index contributed by atoms with van der Waals surface area (Å²) >= 11 is 0. The van der Waals surface area contributed by atoms with Gasteiger partial charge in [0.2, 0.25) is 5.91 Å². The van der Waals surface area contributed by atoms with E-state index in [1.165, 1.54) is 6.92 Å². The van der Waals surface area contributed by atoms with Gasteiger partial charge in [-0.2, -0.15) is 0 Å². The molecular weight excluding hydrogens is 304 g/mol. The molecule has 2 aromatic rings. The quantitative estimate of drug-likeness (QED) is 0.855. The van der Waals surface area contributed by atoms with Gasteiger partial charge in [-0.25, -0.2) is 0 Å². The number of carbonyl (C=O) groups is 2. The predicted molar refractivity (Wildman–Crippen MR) is 93.8 cm³/mol. The Hall–Kier alpha value is -2.69. The van der Waals surface area contributed by atoms with E-state index in [2.05, 4.69) is 10.3 Å². The summed E-state index contributed by atoms with van der Waals surface area (Å²) < 4.78 is 5.29. The Bertz CT molecular complexity index is 774. The van der Waals surface area contributed by atoms with Gasteiger partial charge in [0.1, 0.15) is 5.75 Å². The zero-order valence-electron chi connectivity index (χ0n) is 14.7. The third kappa shape index (κ3) is 3.98. The van der Waals surface area contributed by atoms with Crippen LogP contribution in [0.4, 0.5) is 5.69 Å². The van der Waals surface area contributed by atoms with Gasteiger partial charge in [-0.05, 0) is 57.5 Å². The number of benzene rings is 1. The molecule has 1 aromatic carbocycles. The van der Waals surface area contributed by atoms with Crippen molar-refractivity contribution in [1.82, 2.24) is 4.98 Å². The molecule has 5 nitrogen and oxygen atoms in total. The highest BCUT2D eigenvalue weighted by Crippen LogP contribution is 2.23. The number of nitrogens with one attached hydrogen (secondary N) is 1. The molecule has 0 radical (unpaired) electrons. The Kier molecular flexibility index (Phi) is 5.34. The molecule has 0 aliphatic carbocycles. The Balaban J connectivity index is 2.24. The maximum atomic E-state index is 12.4. The summed E-state index contributed by atoms with van der Waals surface area (Å²) in [4.78, 5) is 28.4. The first-order valence-electron chi connectivity index (χ1n) is 7.74. The van der Waals surface area contributed by atoms with E-state index in [1.54, 1.807) is 25.3 Å². The first kappa shape index (κ1) is 17.7. The number of aromatic nitrogens is 1. The fraction of sp³-hybridized carbons (Fsp3) is 0.316. The van der Waals surface area contributed by atoms with Crippen molar-refractivity contribution in [2.24, 2.45) is 0 Å². The lowest BCUT2D eigenvalue weighted by Crippen LogP contribution is -2.17. The minimum absolute atomic E-state index is 0.0475. The highest BCUT2D eigenvalue weighted by molar-refractivity contribution is 5.96. The number of hydrogen-bond donors (Lipinski definition) is 1. The Morgan fingerprint density at radius 3 is 2.46 bits per heavy atom. The molecule has 0 fully saturated rings. The second-order valence-corrected chi connectivity index (χ2v) is 5.85. The van der Waals surface area contributed by atoms with Gasteiger partial charge >= 0.3 is 0 Å². The maximum Gasteiger partial charge on any atom is 0.228 e. The summed E-state index contributed by atoms with van der Waals surface area (Å²) in [6.45, 7) is 7.22. The molecule has 0 bridgehead atoms. The molecule has 0 spiro atoms. The van der Waals surface area contributed by atoms with Crippen molar-refractivity contribution >= 4 is 17.4 Å². The fourth-order valence-corrected chi connectivity index (χ4v) is 2.70. The van der Waals surface area contributed by atoms with E-state index >= 15 is 0 Å². The number of methoxy groups -OCH3 is 1. The van der Waals surface area contributed by atoms with Crippen LogP contribution in [0.1, 0.15) is 39.8 Å². The van der Waals surface area contributed by atoms with E-state index in [-0.39, 0.29) is 18.1 Å². The topological polar surface area (TPSA) is 68.3 Å². The number of ether oxygens (including phenoxy) is 1. The highest BCUT2D eigenvalue weighted by atomic mass is 16.5. The van der Waals surface area contributed by atoms with Gasteiger partial charge < -0.3 is 10.1 Å². The largest absolute Gasteiger partial charge is 0.496 e. The molecule has 0 saturated carbocycles. The SMILES string of the molecule is COc1ccc(C(C)=O)cc1CC(=O)Nc1c(C)cc(C)nc1C. The van der Waals surface area contributed by atoms with Crippen LogP contribution < -0.4 is 10.1 Å². The van der Waals surface area contributed by atoms with Gasteiger partial charge in [-0.15, -0.1) is 0 Å². The van der Waals surface area contributed by atoms with Gasteiger partial charge in [0.15, 0.2) is 5.78 Å². The summed E-state index contributed by atoms with van der Waals surface area (Å²) in [6.07, 6.45) is 0.122. The van der Waals surface area contributed by atoms with Gasteiger partial charge in [0.25, 0.3) is 0 Å². The normalized spacial score (nSPS) is 10.4. The average Bonchev–Trinajstić information content (AvgIpc) is 2.50. The maximum absolute atomic E-state index is 12.4. The first-order chi connectivity index (χ1) is 11.3. The molecule has 24 heavy (non-hydrogen) atoms. The fourth-order valence-electron chi connectivity index (χ4n) is 2.70. The van der Waals surface area contributed by atoms with Crippen LogP contribution >= 0.6 is 0 Å². The lowest BCUT2D eigenvalue weighted by molar-refractivity contribution is -0.115. The summed E-state index contributed by atoms with van der Waals surface area (Å²) in [6, 6.07) is 7.04. The molecule has 5 heteroatoms. The zero-order valence-corrected chi connectivity index (χ0v) is 14.7. The molecule has 0 saturated heterocycles. The van der Waals surface area contributed by atoms with E-state index in [0.29, 0.717) is 16.9 Å². The lowest BCUT2D eigenvalue weighted by Gasteiger charge is -2.13. The van der Waals surface area contributed by atoms with E-state index in [1.807, 2.05) is 26.8 Å². The number of ketones is 1. The number of aryl methyl sites for hydroxylation is 3. The van der Waals surface area contributed by atoms with Crippen LogP contribution in [0.15, 0.2) is 24.3 Å². The molecule has 0 aliphatic heterocycles. The van der Waals surface area contributed by atoms with Crippen molar-refractivity contribution in [3.05, 3.63) is 52.3 Å². The molecule has 1 heterocycles. The summed E-state index contributed by atoms with van der Waals surface area (Å²) in [5, 5.41) is 2.91. The van der Waals surface area contributed by atoms with Crippen LogP contribution in [0, 0.1) is 20.8 Å². The van der Waals surface area contributed by atoms with Crippen LogP contribution in [0.25, 0.3) is 0 Å². The average molecular weight is 326 g/mol. The van der Waals surface area contributed by atoms with Crippen molar-refractivity contribution in [3.63, 3.8) is 0 Å². The summed E-state index contributed by atoms with van der Waals surface area (Å²) in [5.74, 6) is 0.366. The smallest absolute Gasteiger partial charge is 0.228 e. The third-order valence-electron chi connectivity index (χ3n) is 3.83. The molecule has 126 valence electrons. The van der Waals surface area contributed by atoms with Crippen LogP contribution in [0.3, 0.4) is 0 Å². The number of amides is 1. The van der Waals surface area contributed by atoms with Crippen molar-refractivity contribution in [2.75, 3.05) is 12.4 Å². The van der Waals surface area contributed by atoms with Crippen molar-refractivity contribution in [3.8, 4) is 5.75 Å². The van der Waals surface area contributed by atoms with Crippen LogP contribution in [0.2, 0.25) is 0 Å². The predicted octanol–water partition coefficient (Wildman–Crippen LogP) is 3.40. The third-order valence-corrected chi connectivity index (χ3v) is 3.83. The number of Topliss-reactive ketones (excluding diaryl/α,β-unsaturated/α-hetero) is 1. The lowest BCUT2D eigenvalue weighted by atomic mass is 10.0. The molecule has 0 aliphatic rings. The van der Waals surface area contributed by atoms with Crippen LogP contribution in [-0.2, 0) is 11.2 Å². The van der Waals surface area contributed by atoms with Crippen LogP contribution in [-0.4, -0.2) is 23.8 Å². The van der Waals surface area contributed by atoms with E-state index in [4.69, 9.17) is 4.74 Å². The van der Waals surface area contributed by atoms with Gasteiger partial charge in [0, 0.05) is 16.8 Å². The standard InChI is InChI=1S/C19H22N2O3/c1-11-8-12(2)20-13(3)19(11)21-18(23)10-16-9-15(14(4)22)6-7-17(16)24-5/h6-9H,10H2,1-5H3,(H,21,23). The Morgan fingerprint density at radius 2 is 1.88 bits per heavy atom. The molecule has 1 N–H and O–H groups in total. The number of rotatable bonds is 5. The number of nitrogens with zero attached hydrogens (tertiary/aromatic N) is 1. The molecule has 0 unspecified atom stereocenters. The molecule has 0 atom stereocenters. The van der Waals surface area contributed by atoms with Crippen LogP contribution in [0.5, 0.6) is 5.75 Å². The van der Waals surface area contributed by atoms with Crippen molar-refractivity contribution in [1.29, 1.82) is 0 Å². The minimum atomic E-state index is -0.175. The minimum Gasteiger partial charge on any atom is -0.496 e. The van der Waals surface area contributed by atoms with Gasteiger partial charge in [-0.3, -0.25) is 14.6 Å². The monoisotopic (exact) mass is 326 g/mol. The number of carbonyl (C=O) groups excluding carboxylic acids is 2. The Labute approximate surface area is 142 Å². The zero-order chi connectivity index (χ0) is 17.9. The van der Waals surface area contributed by atoms with E-state index < -0.39 is 0 Å². The second-order valence-electron chi connectivity index (χ2n) is 5.85. The molecule has 1 aromatic heterocycles. The molecular formula is C19H22N2O3. The molecule has 1 amide bonds. The highest BCUT2D eigenvalue weighted by Gasteiger charge is 2.14. The van der Waals surface area contributed by atoms with E-state index in [9.17, 15) is 9.59 Å². The van der Waals surface area contributed by atoms with Crippen molar-refractivity contribution in [2.45, 2.75) is 34.1 Å². The second kappa shape index (κ2) is 7.25. The molecule has 2 rings (SSSR count). The van der Waals surface area contributed by atoms with E-state index in [0.717, 1.165) is 22.6 Å². The summed E-state index contributed by atoms with van der Waals surface area (Å²) in [5.41, 5.74) is 4.63. The number of pyridine rings is 1. The summed E-state index contributed by atoms with van der Waals surface area (Å²) in [7, 11) is 1.54. The first-order valence-corrected chi connectivity index (χ1v) is 7.74. The number of hydrogen-bond acceptors (Lipinski definition) is 4. The van der Waals surface area contributed by atoms with Gasteiger partial charge in [-0.1, -0.05) is 0 Å². The van der Waals surface area contributed by atoms with Crippen molar-refractivity contribution < 1.29 is 14.3 Å².